The summed E-state index contributed by atoms with van der Waals surface area (Å²) in [5, 5.41) is 13.3. The number of carbonyl (C=O) groups excluding carboxylic acids is 2. The number of hydrogen-bond acceptors (Lipinski definition) is 7. The molecular formula is C18H17FN2O7. The molecule has 1 amide bonds. The molecule has 0 bridgehead atoms. The zero-order chi connectivity index (χ0) is 20.8. The third kappa shape index (κ3) is 4.72. The number of benzene rings is 2. The van der Waals surface area contributed by atoms with Gasteiger partial charge in [-0.1, -0.05) is 0 Å². The molecule has 10 heteroatoms. The molecule has 1 atom stereocenters. The zero-order valence-corrected chi connectivity index (χ0v) is 15.2. The third-order valence-corrected chi connectivity index (χ3v) is 3.70. The summed E-state index contributed by atoms with van der Waals surface area (Å²) >= 11 is 0. The summed E-state index contributed by atoms with van der Waals surface area (Å²) in [5.74, 6) is -2.29. The van der Waals surface area contributed by atoms with Crippen molar-refractivity contribution in [3.63, 3.8) is 0 Å². The van der Waals surface area contributed by atoms with Crippen LogP contribution in [0.5, 0.6) is 11.5 Å². The number of nitrogens with zero attached hydrogens (tertiary/aromatic N) is 1. The molecule has 2 aromatic carbocycles. The van der Waals surface area contributed by atoms with Gasteiger partial charge in [0.2, 0.25) is 0 Å². The molecule has 0 fully saturated rings. The van der Waals surface area contributed by atoms with Gasteiger partial charge < -0.3 is 19.5 Å². The average molecular weight is 392 g/mol. The number of carbonyl (C=O) groups is 2. The lowest BCUT2D eigenvalue weighted by Gasteiger charge is -2.15. The summed E-state index contributed by atoms with van der Waals surface area (Å²) in [5.41, 5.74) is -0.602. The molecule has 2 aromatic rings. The number of esters is 1. The first kappa shape index (κ1) is 20.6. The second kappa shape index (κ2) is 8.80. The van der Waals surface area contributed by atoms with E-state index in [2.05, 4.69) is 5.32 Å². The Balaban J connectivity index is 2.12. The lowest BCUT2D eigenvalue weighted by Crippen LogP contribution is -2.30. The maximum Gasteiger partial charge on any atom is 0.341 e. The van der Waals surface area contributed by atoms with Crippen LogP contribution in [0.2, 0.25) is 0 Å². The molecule has 0 radical (unpaired) electrons. The predicted octanol–water partition coefficient (Wildman–Crippen LogP) is 2.94. The van der Waals surface area contributed by atoms with E-state index in [1.54, 1.807) is 0 Å². The lowest BCUT2D eigenvalue weighted by molar-refractivity contribution is -0.384. The molecule has 28 heavy (non-hydrogen) atoms. The van der Waals surface area contributed by atoms with Gasteiger partial charge in [-0.25, -0.2) is 9.18 Å². The Morgan fingerprint density at radius 2 is 1.86 bits per heavy atom. The Labute approximate surface area is 159 Å². The SMILES string of the molecule is COc1ccc(C(=O)O[C@H](C)C(=O)Nc2cc([N+](=O)[O-])ccc2OC)c(F)c1. The second-order valence-electron chi connectivity index (χ2n) is 5.52. The molecule has 9 nitrogen and oxygen atoms in total. The number of rotatable bonds is 7. The Morgan fingerprint density at radius 3 is 2.43 bits per heavy atom. The molecular weight excluding hydrogens is 375 g/mol. The van der Waals surface area contributed by atoms with Crippen molar-refractivity contribution < 1.29 is 33.1 Å². The van der Waals surface area contributed by atoms with Crippen molar-refractivity contribution in [3.8, 4) is 11.5 Å². The van der Waals surface area contributed by atoms with Crippen molar-refractivity contribution in [1.82, 2.24) is 0 Å². The summed E-state index contributed by atoms with van der Waals surface area (Å²) in [6.45, 7) is 1.28. The van der Waals surface area contributed by atoms with Crippen LogP contribution in [0.25, 0.3) is 0 Å². The molecule has 0 saturated carbocycles. The van der Waals surface area contributed by atoms with Crippen LogP contribution in [0.3, 0.4) is 0 Å². The molecule has 0 aliphatic carbocycles. The number of nitro benzene ring substituents is 1. The van der Waals surface area contributed by atoms with Gasteiger partial charge >= 0.3 is 5.97 Å². The molecule has 0 aliphatic heterocycles. The topological polar surface area (TPSA) is 117 Å². The highest BCUT2D eigenvalue weighted by Crippen LogP contribution is 2.29. The van der Waals surface area contributed by atoms with Gasteiger partial charge in [0, 0.05) is 18.2 Å². The molecule has 2 rings (SSSR count). The highest BCUT2D eigenvalue weighted by Gasteiger charge is 2.23. The van der Waals surface area contributed by atoms with Gasteiger partial charge in [-0.2, -0.15) is 0 Å². The van der Waals surface area contributed by atoms with E-state index in [9.17, 15) is 24.1 Å². The van der Waals surface area contributed by atoms with Crippen molar-refractivity contribution >= 4 is 23.3 Å². The van der Waals surface area contributed by atoms with E-state index in [0.29, 0.717) is 0 Å². The van der Waals surface area contributed by atoms with E-state index in [-0.39, 0.29) is 28.4 Å². The molecule has 1 N–H and O–H groups in total. The van der Waals surface area contributed by atoms with Crippen LogP contribution < -0.4 is 14.8 Å². The number of ether oxygens (including phenoxy) is 3. The van der Waals surface area contributed by atoms with Crippen LogP contribution in [-0.4, -0.2) is 37.1 Å². The maximum absolute atomic E-state index is 13.9. The fraction of sp³-hybridized carbons (Fsp3) is 0.222. The van der Waals surface area contributed by atoms with Gasteiger partial charge in [0.25, 0.3) is 11.6 Å². The Bertz CT molecular complexity index is 917. The maximum atomic E-state index is 13.9. The minimum absolute atomic E-state index is 0.0280. The highest BCUT2D eigenvalue weighted by molar-refractivity contribution is 5.98. The van der Waals surface area contributed by atoms with Crippen LogP contribution in [0, 0.1) is 15.9 Å². The molecule has 0 spiro atoms. The minimum atomic E-state index is -1.31. The van der Waals surface area contributed by atoms with E-state index in [1.807, 2.05) is 0 Å². The van der Waals surface area contributed by atoms with E-state index < -0.39 is 28.7 Å². The first-order chi connectivity index (χ1) is 13.3. The fourth-order valence-corrected chi connectivity index (χ4v) is 2.21. The molecule has 0 aromatic heterocycles. The van der Waals surface area contributed by atoms with Crippen LogP contribution in [0.4, 0.5) is 15.8 Å². The number of halogens is 1. The zero-order valence-electron chi connectivity index (χ0n) is 15.2. The number of hydrogen-bond donors (Lipinski definition) is 1. The number of anilines is 1. The molecule has 0 saturated heterocycles. The van der Waals surface area contributed by atoms with Gasteiger partial charge in [-0.05, 0) is 25.1 Å². The van der Waals surface area contributed by atoms with Crippen LogP contribution >= 0.6 is 0 Å². The summed E-state index contributed by atoms with van der Waals surface area (Å²) in [6, 6.07) is 7.19. The van der Waals surface area contributed by atoms with Gasteiger partial charge in [-0.3, -0.25) is 14.9 Å². The van der Waals surface area contributed by atoms with Gasteiger partial charge in [0.05, 0.1) is 30.4 Å². The lowest BCUT2D eigenvalue weighted by atomic mass is 10.2. The van der Waals surface area contributed by atoms with Crippen LogP contribution in [0.1, 0.15) is 17.3 Å². The van der Waals surface area contributed by atoms with Crippen molar-refractivity contribution in [2.45, 2.75) is 13.0 Å². The van der Waals surface area contributed by atoms with Crippen molar-refractivity contribution in [2.75, 3.05) is 19.5 Å². The largest absolute Gasteiger partial charge is 0.497 e. The van der Waals surface area contributed by atoms with Gasteiger partial charge in [0.1, 0.15) is 17.3 Å². The fourth-order valence-electron chi connectivity index (χ4n) is 2.21. The van der Waals surface area contributed by atoms with E-state index >= 15 is 0 Å². The Morgan fingerprint density at radius 1 is 1.14 bits per heavy atom. The summed E-state index contributed by atoms with van der Waals surface area (Å²) in [7, 11) is 2.67. The van der Waals surface area contributed by atoms with Crippen molar-refractivity contribution in [2.24, 2.45) is 0 Å². The molecule has 0 unspecified atom stereocenters. The third-order valence-electron chi connectivity index (χ3n) is 3.70. The summed E-state index contributed by atoms with van der Waals surface area (Å²) < 4.78 is 28.8. The molecule has 148 valence electrons. The normalized spacial score (nSPS) is 11.3. The van der Waals surface area contributed by atoms with Crippen LogP contribution in [-0.2, 0) is 9.53 Å². The molecule has 0 aliphatic rings. The summed E-state index contributed by atoms with van der Waals surface area (Å²) in [6.07, 6.45) is -1.31. The molecule has 0 heterocycles. The number of methoxy groups -OCH3 is 2. The standard InChI is InChI=1S/C18H17FN2O7/c1-10(28-18(23)13-6-5-12(26-2)9-14(13)19)17(22)20-15-8-11(21(24)25)4-7-16(15)27-3/h4-10H,1-3H3,(H,20,22)/t10-/m1/s1. The van der Waals surface area contributed by atoms with Crippen LogP contribution in [0.15, 0.2) is 36.4 Å². The van der Waals surface area contributed by atoms with Gasteiger partial charge in [-0.15, -0.1) is 0 Å². The first-order valence-electron chi connectivity index (χ1n) is 7.94. The van der Waals surface area contributed by atoms with E-state index in [1.165, 1.54) is 45.4 Å². The van der Waals surface area contributed by atoms with Gasteiger partial charge in [0.15, 0.2) is 6.10 Å². The van der Waals surface area contributed by atoms with Crippen molar-refractivity contribution in [3.05, 3.63) is 57.9 Å². The van der Waals surface area contributed by atoms with E-state index in [4.69, 9.17) is 14.2 Å². The Kier molecular flexibility index (Phi) is 6.48. The van der Waals surface area contributed by atoms with Crippen molar-refractivity contribution in [1.29, 1.82) is 0 Å². The first-order valence-corrected chi connectivity index (χ1v) is 7.94. The number of amides is 1. The monoisotopic (exact) mass is 392 g/mol. The quantitative estimate of drug-likeness (QED) is 0.437. The minimum Gasteiger partial charge on any atom is -0.497 e. The number of non-ortho nitro benzene ring substituents is 1. The number of nitrogens with one attached hydrogen (secondary N) is 1. The second-order valence-corrected chi connectivity index (χ2v) is 5.52. The smallest absolute Gasteiger partial charge is 0.341 e. The Hall–Kier alpha value is -3.69. The highest BCUT2D eigenvalue weighted by atomic mass is 19.1. The number of nitro groups is 1. The summed E-state index contributed by atoms with van der Waals surface area (Å²) in [4.78, 5) is 34.6. The predicted molar refractivity (Wildman–Crippen MR) is 96.1 cm³/mol. The van der Waals surface area contributed by atoms with E-state index in [0.717, 1.165) is 12.1 Å². The average Bonchev–Trinajstić information content (AvgIpc) is 2.67.